The Kier molecular flexibility index (Phi) is 5.78. The predicted octanol–water partition coefficient (Wildman–Crippen LogP) is 7.68. The molecule has 4 saturated carbocycles. The van der Waals surface area contributed by atoms with Crippen LogP contribution < -0.4 is 0 Å². The second kappa shape index (κ2) is 7.73. The molecule has 0 aromatic carbocycles. The minimum absolute atomic E-state index is 0.471. The van der Waals surface area contributed by atoms with Crippen molar-refractivity contribution < 1.29 is 4.79 Å². The van der Waals surface area contributed by atoms with Gasteiger partial charge in [-0.3, -0.25) is 4.79 Å². The molecule has 1 nitrogen and oxygen atoms in total. The van der Waals surface area contributed by atoms with Crippen LogP contribution in [0.25, 0.3) is 0 Å². The van der Waals surface area contributed by atoms with Gasteiger partial charge in [-0.05, 0) is 97.2 Å². The van der Waals surface area contributed by atoms with E-state index in [1.807, 2.05) is 0 Å². The first-order valence-electron chi connectivity index (χ1n) is 12.8. The van der Waals surface area contributed by atoms with E-state index < -0.39 is 0 Å². The summed E-state index contributed by atoms with van der Waals surface area (Å²) < 4.78 is 0. The van der Waals surface area contributed by atoms with Crippen molar-refractivity contribution in [3.8, 4) is 0 Å². The largest absolute Gasteiger partial charge is 0.300 e. The molecule has 4 rings (SSSR count). The summed E-state index contributed by atoms with van der Waals surface area (Å²) >= 11 is 0. The zero-order valence-corrected chi connectivity index (χ0v) is 19.4. The van der Waals surface area contributed by atoms with Crippen molar-refractivity contribution in [1.29, 1.82) is 0 Å². The third kappa shape index (κ3) is 3.41. The van der Waals surface area contributed by atoms with Gasteiger partial charge in [-0.1, -0.05) is 53.9 Å². The molecule has 0 heterocycles. The fourth-order valence-corrected chi connectivity index (χ4v) is 9.07. The summed E-state index contributed by atoms with van der Waals surface area (Å²) in [6, 6.07) is 0. The van der Waals surface area contributed by atoms with E-state index in [2.05, 4.69) is 34.6 Å². The van der Waals surface area contributed by atoms with Gasteiger partial charge in [-0.2, -0.15) is 0 Å². The van der Waals surface area contributed by atoms with E-state index >= 15 is 0 Å². The summed E-state index contributed by atoms with van der Waals surface area (Å²) in [5, 5.41) is 0. The molecule has 4 unspecified atom stereocenters. The molecule has 0 radical (unpaired) electrons. The molecular weight excluding hydrogens is 340 g/mol. The molecule has 160 valence electrons. The van der Waals surface area contributed by atoms with Crippen LogP contribution in [0.2, 0.25) is 0 Å². The van der Waals surface area contributed by atoms with Crippen molar-refractivity contribution in [3.05, 3.63) is 0 Å². The second-order valence-corrected chi connectivity index (χ2v) is 12.4. The summed E-state index contributed by atoms with van der Waals surface area (Å²) in [6.45, 7) is 12.6. The van der Waals surface area contributed by atoms with Crippen LogP contribution in [0.15, 0.2) is 0 Å². The highest BCUT2D eigenvalue weighted by molar-refractivity contribution is 5.79. The van der Waals surface area contributed by atoms with E-state index in [4.69, 9.17) is 0 Å². The molecule has 28 heavy (non-hydrogen) atoms. The first kappa shape index (κ1) is 20.9. The molecule has 0 aromatic heterocycles. The molecule has 0 aliphatic heterocycles. The van der Waals surface area contributed by atoms with E-state index in [1.54, 1.807) is 0 Å². The van der Waals surface area contributed by atoms with E-state index in [0.29, 0.717) is 22.5 Å². The van der Waals surface area contributed by atoms with Gasteiger partial charge < -0.3 is 0 Å². The van der Waals surface area contributed by atoms with Crippen molar-refractivity contribution in [3.63, 3.8) is 0 Å². The predicted molar refractivity (Wildman–Crippen MR) is 118 cm³/mol. The van der Waals surface area contributed by atoms with E-state index in [9.17, 15) is 4.79 Å². The van der Waals surface area contributed by atoms with E-state index in [1.165, 1.54) is 64.2 Å². The first-order chi connectivity index (χ1) is 13.3. The fraction of sp³-hybridized carbons (Fsp3) is 0.963. The Hall–Kier alpha value is -0.330. The normalized spacial score (nSPS) is 46.8. The Balaban J connectivity index is 1.47. The van der Waals surface area contributed by atoms with Gasteiger partial charge >= 0.3 is 0 Å². The third-order valence-electron chi connectivity index (χ3n) is 10.7. The number of hydrogen-bond donors (Lipinski definition) is 0. The number of carbonyl (C=O) groups is 1. The Bertz CT molecular complexity index is 579. The highest BCUT2D eigenvalue weighted by atomic mass is 16.1. The van der Waals surface area contributed by atoms with Crippen LogP contribution in [-0.2, 0) is 4.79 Å². The number of Topliss-reactive ketones (excluding diaryl/α,β-unsaturated/α-hetero) is 1. The van der Waals surface area contributed by atoms with Crippen molar-refractivity contribution in [1.82, 2.24) is 0 Å². The molecule has 0 spiro atoms. The topological polar surface area (TPSA) is 17.1 Å². The minimum Gasteiger partial charge on any atom is -0.300 e. The standard InChI is InChI=1S/C27H46O/c1-18(2)7-6-8-19(3)23-11-12-24-22-10-9-20-17-21(28)13-15-26(20,4)25(22)14-16-27(23,24)5/h18-20,22-25H,6-17H2,1-5H3/t19-,20+,22?,23?,24?,25?,26+,27-/m1/s1. The molecule has 4 fully saturated rings. The number of ketones is 1. The molecule has 0 bridgehead atoms. The van der Waals surface area contributed by atoms with Gasteiger partial charge in [0.2, 0.25) is 0 Å². The maximum absolute atomic E-state index is 12.1. The summed E-state index contributed by atoms with van der Waals surface area (Å²) in [5.41, 5.74) is 1.07. The SMILES string of the molecule is CC(C)CCC[C@@H](C)C1CCC2C3CC[C@H]4CC(=O)CC[C@]4(C)C3CC[C@@]21C. The molecule has 0 N–H and O–H groups in total. The maximum Gasteiger partial charge on any atom is 0.133 e. The van der Waals surface area contributed by atoms with Crippen LogP contribution in [0.3, 0.4) is 0 Å². The lowest BCUT2D eigenvalue weighted by molar-refractivity contribution is -0.140. The first-order valence-corrected chi connectivity index (χ1v) is 12.8. The Morgan fingerprint density at radius 1 is 0.893 bits per heavy atom. The molecular formula is C27H46O. The summed E-state index contributed by atoms with van der Waals surface area (Å²) in [6.07, 6.45) is 15.9. The molecule has 0 saturated heterocycles. The molecule has 1 heteroatoms. The number of fused-ring (bicyclic) bond motifs is 5. The van der Waals surface area contributed by atoms with Crippen LogP contribution in [0.4, 0.5) is 0 Å². The van der Waals surface area contributed by atoms with Crippen LogP contribution in [0.1, 0.15) is 112 Å². The second-order valence-electron chi connectivity index (χ2n) is 12.4. The lowest BCUT2D eigenvalue weighted by Gasteiger charge is -2.60. The van der Waals surface area contributed by atoms with Crippen LogP contribution in [0.5, 0.6) is 0 Å². The zero-order valence-electron chi connectivity index (χ0n) is 19.4. The fourth-order valence-electron chi connectivity index (χ4n) is 9.07. The smallest absolute Gasteiger partial charge is 0.133 e. The monoisotopic (exact) mass is 386 g/mol. The average Bonchev–Trinajstić information content (AvgIpc) is 2.99. The maximum atomic E-state index is 12.1. The molecule has 0 amide bonds. The molecule has 0 aromatic rings. The Morgan fingerprint density at radius 3 is 2.39 bits per heavy atom. The van der Waals surface area contributed by atoms with Gasteiger partial charge in [0.25, 0.3) is 0 Å². The van der Waals surface area contributed by atoms with Gasteiger partial charge in [-0.15, -0.1) is 0 Å². The zero-order chi connectivity index (χ0) is 20.1. The minimum atomic E-state index is 0.471. The highest BCUT2D eigenvalue weighted by Crippen LogP contribution is 2.68. The van der Waals surface area contributed by atoms with Crippen LogP contribution >= 0.6 is 0 Å². The third-order valence-corrected chi connectivity index (χ3v) is 10.7. The quantitative estimate of drug-likeness (QED) is 0.473. The number of rotatable bonds is 5. The number of hydrogen-bond acceptors (Lipinski definition) is 1. The van der Waals surface area contributed by atoms with E-state index in [0.717, 1.165) is 48.3 Å². The van der Waals surface area contributed by atoms with Crippen LogP contribution in [0, 0.1) is 52.3 Å². The molecule has 8 atom stereocenters. The van der Waals surface area contributed by atoms with Gasteiger partial charge in [0.05, 0.1) is 0 Å². The van der Waals surface area contributed by atoms with Gasteiger partial charge in [0, 0.05) is 12.8 Å². The van der Waals surface area contributed by atoms with Crippen LogP contribution in [-0.4, -0.2) is 5.78 Å². The summed E-state index contributed by atoms with van der Waals surface area (Å²) in [5.74, 6) is 6.82. The van der Waals surface area contributed by atoms with Crippen molar-refractivity contribution in [2.75, 3.05) is 0 Å². The lowest BCUT2D eigenvalue weighted by Crippen LogP contribution is -2.53. The average molecular weight is 387 g/mol. The molecule has 4 aliphatic rings. The van der Waals surface area contributed by atoms with Crippen molar-refractivity contribution >= 4 is 5.78 Å². The van der Waals surface area contributed by atoms with E-state index in [-0.39, 0.29) is 0 Å². The van der Waals surface area contributed by atoms with Gasteiger partial charge in [0.15, 0.2) is 0 Å². The highest BCUT2D eigenvalue weighted by Gasteiger charge is 2.60. The molecule has 4 aliphatic carbocycles. The number of carbonyl (C=O) groups excluding carboxylic acids is 1. The van der Waals surface area contributed by atoms with Gasteiger partial charge in [0.1, 0.15) is 5.78 Å². The Morgan fingerprint density at radius 2 is 1.64 bits per heavy atom. The van der Waals surface area contributed by atoms with Gasteiger partial charge in [-0.25, -0.2) is 0 Å². The Labute approximate surface area is 174 Å². The lowest BCUT2D eigenvalue weighted by atomic mass is 9.44. The summed E-state index contributed by atoms with van der Waals surface area (Å²) in [4.78, 5) is 12.1. The summed E-state index contributed by atoms with van der Waals surface area (Å²) in [7, 11) is 0. The van der Waals surface area contributed by atoms with Crippen molar-refractivity contribution in [2.45, 2.75) is 112 Å². The van der Waals surface area contributed by atoms with Crippen molar-refractivity contribution in [2.24, 2.45) is 52.3 Å².